The van der Waals surface area contributed by atoms with Crippen LogP contribution in [0.2, 0.25) is 0 Å². The fourth-order valence-corrected chi connectivity index (χ4v) is 3.77. The monoisotopic (exact) mass is 392 g/mol. The zero-order chi connectivity index (χ0) is 20.4. The molecule has 29 heavy (non-hydrogen) atoms. The first-order valence-electron chi connectivity index (χ1n) is 9.84. The van der Waals surface area contributed by atoms with Gasteiger partial charge < -0.3 is 14.6 Å². The first kappa shape index (κ1) is 19.1. The van der Waals surface area contributed by atoms with Gasteiger partial charge in [0.05, 0.1) is 19.3 Å². The summed E-state index contributed by atoms with van der Waals surface area (Å²) >= 11 is 0. The number of phenols is 1. The Morgan fingerprint density at radius 3 is 2.97 bits per heavy atom. The maximum atomic E-state index is 13.4. The number of benzene rings is 1. The molecule has 0 radical (unpaired) electrons. The van der Waals surface area contributed by atoms with Crippen molar-refractivity contribution in [3.63, 3.8) is 0 Å². The van der Waals surface area contributed by atoms with Crippen molar-refractivity contribution in [1.82, 2.24) is 4.57 Å². The molecule has 6 heteroatoms. The molecular formula is C23H24N2O4. The highest BCUT2D eigenvalue weighted by Crippen LogP contribution is 2.30. The van der Waals surface area contributed by atoms with E-state index in [1.165, 1.54) is 7.11 Å². The van der Waals surface area contributed by atoms with E-state index in [2.05, 4.69) is 11.1 Å². The fraction of sp³-hybridized carbons (Fsp3) is 0.304. The smallest absolute Gasteiger partial charge is 0.266 e. The fourth-order valence-electron chi connectivity index (χ4n) is 3.77. The number of carbonyl (C=O) groups is 1. The lowest BCUT2D eigenvalue weighted by molar-refractivity contribution is 0.0943. The van der Waals surface area contributed by atoms with Crippen molar-refractivity contribution in [1.29, 1.82) is 0 Å². The second-order valence-corrected chi connectivity index (χ2v) is 6.93. The van der Waals surface area contributed by atoms with E-state index in [0.717, 1.165) is 41.4 Å². The Morgan fingerprint density at radius 2 is 2.17 bits per heavy atom. The average Bonchev–Trinajstić information content (AvgIpc) is 3.14. The molecule has 0 spiro atoms. The number of allylic oxidation sites excluding steroid dienone is 4. The van der Waals surface area contributed by atoms with Crippen LogP contribution in [0, 0.1) is 0 Å². The van der Waals surface area contributed by atoms with E-state index in [4.69, 9.17) is 9.47 Å². The summed E-state index contributed by atoms with van der Waals surface area (Å²) in [7, 11) is 1.52. The summed E-state index contributed by atoms with van der Waals surface area (Å²) < 4.78 is 12.6. The van der Waals surface area contributed by atoms with Crippen LogP contribution in [0.25, 0.3) is 17.2 Å². The van der Waals surface area contributed by atoms with E-state index >= 15 is 0 Å². The Hall–Kier alpha value is -3.28. The number of aromatic hydroxyl groups is 1. The van der Waals surface area contributed by atoms with Gasteiger partial charge in [0, 0.05) is 29.9 Å². The molecule has 6 nitrogen and oxygen atoms in total. The Kier molecular flexibility index (Phi) is 5.25. The quantitative estimate of drug-likeness (QED) is 0.849. The Labute approximate surface area is 169 Å². The molecule has 0 bridgehead atoms. The van der Waals surface area contributed by atoms with Crippen molar-refractivity contribution >= 4 is 12.0 Å². The topological polar surface area (TPSA) is 73.0 Å². The van der Waals surface area contributed by atoms with Gasteiger partial charge in [0.2, 0.25) is 0 Å². The summed E-state index contributed by atoms with van der Waals surface area (Å²) in [5.41, 5.74) is 2.97. The number of nitrogens with zero attached hydrogens (tertiary/aromatic N) is 2. The predicted molar refractivity (Wildman–Crippen MR) is 110 cm³/mol. The molecule has 1 aromatic carbocycles. The number of methoxy groups -OCH3 is 1. The van der Waals surface area contributed by atoms with Crippen molar-refractivity contribution in [2.75, 3.05) is 20.3 Å². The summed E-state index contributed by atoms with van der Waals surface area (Å²) in [5, 5.41) is 10.9. The lowest BCUT2D eigenvalue weighted by Gasteiger charge is -2.15. The van der Waals surface area contributed by atoms with Gasteiger partial charge in [-0.15, -0.1) is 0 Å². The van der Waals surface area contributed by atoms with E-state index in [1.807, 2.05) is 31.3 Å². The highest BCUT2D eigenvalue weighted by Gasteiger charge is 2.22. The van der Waals surface area contributed by atoms with Gasteiger partial charge in [-0.05, 0) is 43.5 Å². The molecule has 2 aromatic rings. The van der Waals surface area contributed by atoms with E-state index in [0.29, 0.717) is 30.0 Å². The van der Waals surface area contributed by atoms with Crippen molar-refractivity contribution < 1.29 is 19.4 Å². The summed E-state index contributed by atoms with van der Waals surface area (Å²) in [6.07, 6.45) is 10.2. The van der Waals surface area contributed by atoms with E-state index in [1.54, 1.807) is 16.7 Å². The molecule has 0 atom stereocenters. The first-order chi connectivity index (χ1) is 14.1. The maximum Gasteiger partial charge on any atom is 0.266 e. The largest absolute Gasteiger partial charge is 0.504 e. The Balaban J connectivity index is 1.87. The Morgan fingerprint density at radius 1 is 1.31 bits per heavy atom. The van der Waals surface area contributed by atoms with Gasteiger partial charge in [-0.25, -0.2) is 0 Å². The summed E-state index contributed by atoms with van der Waals surface area (Å²) in [5.74, 6) is 1.06. The number of phenolic OH excluding ortho intramolecular Hbond substituents is 1. The molecule has 4 rings (SSSR count). The molecule has 150 valence electrons. The second-order valence-electron chi connectivity index (χ2n) is 6.93. The number of hydrogen-bond donors (Lipinski definition) is 1. The third kappa shape index (κ3) is 3.46. The van der Waals surface area contributed by atoms with E-state index in [9.17, 15) is 9.90 Å². The van der Waals surface area contributed by atoms with E-state index in [-0.39, 0.29) is 11.7 Å². The van der Waals surface area contributed by atoms with Crippen LogP contribution in [0.5, 0.6) is 11.5 Å². The molecule has 1 aliphatic heterocycles. The molecule has 0 unspecified atom stereocenters. The third-order valence-corrected chi connectivity index (χ3v) is 5.14. The zero-order valence-corrected chi connectivity index (χ0v) is 16.6. The molecule has 0 fully saturated rings. The zero-order valence-electron chi connectivity index (χ0n) is 16.6. The maximum absolute atomic E-state index is 13.4. The molecule has 0 saturated heterocycles. The SMILES string of the molecule is CCOC1=C(C(=O)n2cc(-c3ccc(O)c(OC)c3)c3c2=NCCC=3)C=CCC1. The first-order valence-corrected chi connectivity index (χ1v) is 9.84. The third-order valence-electron chi connectivity index (χ3n) is 5.14. The van der Waals surface area contributed by atoms with Crippen LogP contribution in [-0.4, -0.2) is 35.8 Å². The molecule has 0 saturated carbocycles. The summed E-state index contributed by atoms with van der Waals surface area (Å²) in [4.78, 5) is 18.0. The van der Waals surface area contributed by atoms with Gasteiger partial charge in [-0.2, -0.15) is 0 Å². The van der Waals surface area contributed by atoms with Gasteiger partial charge in [0.15, 0.2) is 11.5 Å². The number of hydrogen-bond acceptors (Lipinski definition) is 5. The van der Waals surface area contributed by atoms with Gasteiger partial charge in [0.25, 0.3) is 5.91 Å². The molecule has 1 aromatic heterocycles. The highest BCUT2D eigenvalue weighted by atomic mass is 16.5. The van der Waals surface area contributed by atoms with Crippen molar-refractivity contribution in [3.8, 4) is 22.6 Å². The van der Waals surface area contributed by atoms with Gasteiger partial charge >= 0.3 is 0 Å². The van der Waals surface area contributed by atoms with Crippen LogP contribution in [0.1, 0.15) is 31.0 Å². The standard InChI is InChI=1S/C23H24N2O4/c1-3-29-20-9-5-4-7-17(20)23(27)25-14-18(16-8-6-12-24-22(16)25)15-10-11-19(26)21(13-15)28-2/h4,7-8,10-11,13-14,26H,3,5-6,9,12H2,1-2H3. The second kappa shape index (κ2) is 7.99. The van der Waals surface area contributed by atoms with Crippen molar-refractivity contribution in [2.45, 2.75) is 26.2 Å². The number of carbonyl (C=O) groups excluding carboxylic acids is 1. The average molecular weight is 392 g/mol. The van der Waals surface area contributed by atoms with E-state index < -0.39 is 0 Å². The minimum atomic E-state index is -0.142. The lowest BCUT2D eigenvalue weighted by Crippen LogP contribution is -2.36. The molecule has 2 aliphatic rings. The van der Waals surface area contributed by atoms with Crippen LogP contribution >= 0.6 is 0 Å². The van der Waals surface area contributed by atoms with Crippen molar-refractivity contribution in [2.24, 2.45) is 4.99 Å². The number of fused-ring (bicyclic) bond motifs is 1. The van der Waals surface area contributed by atoms with Crippen molar-refractivity contribution in [3.05, 3.63) is 58.6 Å². The normalized spacial score (nSPS) is 15.4. The van der Waals surface area contributed by atoms with Gasteiger partial charge in [-0.3, -0.25) is 14.4 Å². The number of aromatic nitrogens is 1. The summed E-state index contributed by atoms with van der Waals surface area (Å²) in [6.45, 7) is 3.10. The van der Waals surface area contributed by atoms with Crippen LogP contribution in [0.3, 0.4) is 0 Å². The van der Waals surface area contributed by atoms with Gasteiger partial charge in [-0.1, -0.05) is 18.2 Å². The molecule has 1 N–H and O–H groups in total. The number of ether oxygens (including phenoxy) is 2. The Bertz CT molecular complexity index is 1140. The van der Waals surface area contributed by atoms with Crippen LogP contribution < -0.4 is 15.4 Å². The van der Waals surface area contributed by atoms with Crippen LogP contribution in [0.15, 0.2) is 52.9 Å². The number of rotatable bonds is 5. The predicted octanol–water partition coefficient (Wildman–Crippen LogP) is 2.95. The minimum Gasteiger partial charge on any atom is -0.504 e. The van der Waals surface area contributed by atoms with Crippen LogP contribution in [0.4, 0.5) is 0 Å². The highest BCUT2D eigenvalue weighted by molar-refractivity contribution is 5.99. The molecule has 1 aliphatic carbocycles. The van der Waals surface area contributed by atoms with Gasteiger partial charge in [0.1, 0.15) is 11.2 Å². The molecular weight excluding hydrogens is 368 g/mol. The summed E-state index contributed by atoms with van der Waals surface area (Å²) in [6, 6.07) is 5.18. The molecule has 2 heterocycles. The lowest BCUT2D eigenvalue weighted by atomic mass is 10.0. The molecule has 0 amide bonds. The van der Waals surface area contributed by atoms with Crippen LogP contribution in [-0.2, 0) is 4.74 Å². The minimum absolute atomic E-state index is 0.0770.